The van der Waals surface area contributed by atoms with E-state index < -0.39 is 17.5 Å². The van der Waals surface area contributed by atoms with Gasteiger partial charge in [-0.1, -0.05) is 0 Å². The summed E-state index contributed by atoms with van der Waals surface area (Å²) in [5.74, 6) is -1.91. The van der Waals surface area contributed by atoms with Crippen molar-refractivity contribution in [1.82, 2.24) is 5.32 Å². The number of carbonyl (C=O) groups is 1. The van der Waals surface area contributed by atoms with Crippen LogP contribution in [0.3, 0.4) is 0 Å². The molecule has 4 nitrogen and oxygen atoms in total. The van der Waals surface area contributed by atoms with E-state index in [-0.39, 0.29) is 17.8 Å². The molecule has 1 amide bonds. The van der Waals surface area contributed by atoms with Crippen molar-refractivity contribution in [2.75, 3.05) is 0 Å². The van der Waals surface area contributed by atoms with Crippen molar-refractivity contribution < 1.29 is 13.6 Å². The molecule has 0 atom stereocenters. The number of primary amides is 1. The van der Waals surface area contributed by atoms with Crippen molar-refractivity contribution in [2.24, 2.45) is 5.73 Å². The van der Waals surface area contributed by atoms with Gasteiger partial charge in [-0.05, 0) is 31.2 Å². The molecule has 0 saturated carbocycles. The van der Waals surface area contributed by atoms with Gasteiger partial charge in [-0.2, -0.15) is 0 Å². The van der Waals surface area contributed by atoms with E-state index in [0.29, 0.717) is 5.70 Å². The molecular weight excluding hydrogens is 240 g/mol. The topological polar surface area (TPSA) is 79.0 Å². The number of hydrogen-bond donors (Lipinski definition) is 3. The zero-order valence-corrected chi connectivity index (χ0v) is 9.76. The molecule has 0 bridgehead atoms. The summed E-state index contributed by atoms with van der Waals surface area (Å²) in [4.78, 5) is 10.6. The van der Waals surface area contributed by atoms with Crippen LogP contribution in [0.5, 0.6) is 0 Å². The van der Waals surface area contributed by atoms with E-state index in [0.717, 1.165) is 18.2 Å². The zero-order valence-electron chi connectivity index (χ0n) is 9.76. The van der Waals surface area contributed by atoms with Crippen LogP contribution in [-0.4, -0.2) is 11.6 Å². The first-order valence-corrected chi connectivity index (χ1v) is 5.14. The van der Waals surface area contributed by atoms with E-state index in [1.165, 1.54) is 6.08 Å². The summed E-state index contributed by atoms with van der Waals surface area (Å²) < 4.78 is 26.2. The third-order valence-corrected chi connectivity index (χ3v) is 2.19. The second kappa shape index (κ2) is 5.90. The molecule has 0 fully saturated rings. The Morgan fingerprint density at radius 1 is 1.50 bits per heavy atom. The summed E-state index contributed by atoms with van der Waals surface area (Å²) in [6.45, 7) is 1.65. The van der Waals surface area contributed by atoms with E-state index in [9.17, 15) is 13.6 Å². The second-order valence-electron chi connectivity index (χ2n) is 3.69. The maximum absolute atomic E-state index is 13.3. The Labute approximate surface area is 103 Å². The lowest BCUT2D eigenvalue weighted by molar-refractivity contribution is -0.111. The quantitative estimate of drug-likeness (QED) is 0.695. The smallest absolute Gasteiger partial charge is 0.266 e. The van der Waals surface area contributed by atoms with Crippen LogP contribution in [-0.2, 0) is 11.3 Å². The maximum atomic E-state index is 13.3. The molecule has 0 aliphatic heterocycles. The van der Waals surface area contributed by atoms with Gasteiger partial charge in [-0.25, -0.2) is 8.78 Å². The molecule has 0 aliphatic rings. The van der Waals surface area contributed by atoms with Crippen LogP contribution in [0.1, 0.15) is 12.5 Å². The average Bonchev–Trinajstić information content (AvgIpc) is 2.30. The fourth-order valence-corrected chi connectivity index (χ4v) is 1.25. The lowest BCUT2D eigenvalue weighted by Crippen LogP contribution is -2.22. The largest absolute Gasteiger partial charge is 0.384 e. The van der Waals surface area contributed by atoms with Crippen molar-refractivity contribution >= 4 is 11.6 Å². The van der Waals surface area contributed by atoms with Crippen molar-refractivity contribution in [3.8, 4) is 0 Å². The monoisotopic (exact) mass is 253 g/mol. The lowest BCUT2D eigenvalue weighted by Gasteiger charge is -2.07. The van der Waals surface area contributed by atoms with Gasteiger partial charge >= 0.3 is 0 Å². The Morgan fingerprint density at radius 3 is 2.78 bits per heavy atom. The van der Waals surface area contributed by atoms with Crippen LogP contribution < -0.4 is 11.1 Å². The molecule has 0 unspecified atom stereocenters. The van der Waals surface area contributed by atoms with E-state index >= 15 is 0 Å². The van der Waals surface area contributed by atoms with Crippen molar-refractivity contribution in [3.63, 3.8) is 0 Å². The average molecular weight is 253 g/mol. The molecule has 0 aromatic heterocycles. The van der Waals surface area contributed by atoms with Gasteiger partial charge in [0.2, 0.25) is 0 Å². The molecule has 96 valence electrons. The molecule has 1 aromatic carbocycles. The van der Waals surface area contributed by atoms with E-state index in [1.807, 2.05) is 0 Å². The molecule has 6 heteroatoms. The number of amides is 1. The summed E-state index contributed by atoms with van der Waals surface area (Å²) in [7, 11) is 0. The molecule has 0 heterocycles. The predicted molar refractivity (Wildman–Crippen MR) is 63.9 cm³/mol. The molecule has 1 aromatic rings. The van der Waals surface area contributed by atoms with Gasteiger partial charge in [-0.3, -0.25) is 10.2 Å². The fraction of sp³-hybridized carbons (Fsp3) is 0.167. The highest BCUT2D eigenvalue weighted by molar-refractivity contribution is 6.41. The number of rotatable bonds is 5. The van der Waals surface area contributed by atoms with Crippen LogP contribution in [0.25, 0.3) is 0 Å². The maximum Gasteiger partial charge on any atom is 0.266 e. The first kappa shape index (κ1) is 13.8. The number of allylic oxidation sites excluding steroid dienone is 1. The number of benzene rings is 1. The molecule has 4 N–H and O–H groups in total. The van der Waals surface area contributed by atoms with Crippen LogP contribution in [0.2, 0.25) is 0 Å². The Balaban J connectivity index is 2.68. The van der Waals surface area contributed by atoms with Crippen LogP contribution in [0, 0.1) is 17.0 Å². The van der Waals surface area contributed by atoms with Crippen molar-refractivity contribution in [3.05, 3.63) is 47.2 Å². The Hall–Kier alpha value is -2.24. The summed E-state index contributed by atoms with van der Waals surface area (Å²) in [5.41, 5.74) is 5.15. The molecule has 18 heavy (non-hydrogen) atoms. The van der Waals surface area contributed by atoms with Gasteiger partial charge in [0.25, 0.3) is 5.91 Å². The van der Waals surface area contributed by atoms with Crippen LogP contribution in [0.4, 0.5) is 8.78 Å². The molecule has 0 spiro atoms. The molecule has 1 rings (SSSR count). The summed E-state index contributed by atoms with van der Waals surface area (Å²) >= 11 is 0. The number of hydrogen-bond acceptors (Lipinski definition) is 3. The Morgan fingerprint density at radius 2 is 2.17 bits per heavy atom. The third kappa shape index (κ3) is 3.97. The van der Waals surface area contributed by atoms with Crippen LogP contribution in [0.15, 0.2) is 30.0 Å². The van der Waals surface area contributed by atoms with Crippen molar-refractivity contribution in [2.45, 2.75) is 13.5 Å². The standard InChI is InChI=1S/C12H13F2N3O/c1-7(4-11(15)12(16)18)17-6-8-5-9(13)2-3-10(8)14/h2-5,15,17H,6H2,1H3,(H2,16,18)/b7-4-,15-11?. The number of nitrogens with one attached hydrogen (secondary N) is 2. The number of nitrogens with two attached hydrogens (primary N) is 1. The number of halogens is 2. The SMILES string of the molecule is C/C(=C/C(=N)C(N)=O)NCc1cc(F)ccc1F. The molecular formula is C12H13F2N3O. The lowest BCUT2D eigenvalue weighted by atomic mass is 10.2. The third-order valence-electron chi connectivity index (χ3n) is 2.19. The molecule has 0 aliphatic carbocycles. The second-order valence-corrected chi connectivity index (χ2v) is 3.69. The molecule has 0 radical (unpaired) electrons. The number of carbonyl (C=O) groups excluding carboxylic acids is 1. The first-order valence-electron chi connectivity index (χ1n) is 5.14. The first-order chi connectivity index (χ1) is 8.40. The fourth-order valence-electron chi connectivity index (χ4n) is 1.25. The van der Waals surface area contributed by atoms with Crippen molar-refractivity contribution in [1.29, 1.82) is 5.41 Å². The highest BCUT2D eigenvalue weighted by Crippen LogP contribution is 2.09. The van der Waals surface area contributed by atoms with Gasteiger partial charge in [0.1, 0.15) is 17.3 Å². The normalized spacial score (nSPS) is 11.2. The van der Waals surface area contributed by atoms with E-state index in [4.69, 9.17) is 11.1 Å². The van der Waals surface area contributed by atoms with Gasteiger partial charge in [0.05, 0.1) is 0 Å². The summed E-state index contributed by atoms with van der Waals surface area (Å²) in [6.07, 6.45) is 1.22. The Bertz CT molecular complexity index is 512. The highest BCUT2D eigenvalue weighted by Gasteiger charge is 2.04. The van der Waals surface area contributed by atoms with E-state index in [2.05, 4.69) is 5.32 Å². The minimum Gasteiger partial charge on any atom is -0.384 e. The zero-order chi connectivity index (χ0) is 13.7. The predicted octanol–water partition coefficient (Wildman–Crippen LogP) is 1.46. The Kier molecular flexibility index (Phi) is 4.53. The minimum absolute atomic E-state index is 0.0535. The van der Waals surface area contributed by atoms with E-state index in [1.54, 1.807) is 6.92 Å². The highest BCUT2D eigenvalue weighted by atomic mass is 19.1. The van der Waals surface area contributed by atoms with Gasteiger partial charge in [-0.15, -0.1) is 0 Å². The van der Waals surface area contributed by atoms with Gasteiger partial charge < -0.3 is 11.1 Å². The van der Waals surface area contributed by atoms with Gasteiger partial charge in [0.15, 0.2) is 0 Å². The summed E-state index contributed by atoms with van der Waals surface area (Å²) in [5, 5.41) is 9.97. The van der Waals surface area contributed by atoms with Crippen LogP contribution >= 0.6 is 0 Å². The molecule has 0 saturated heterocycles. The minimum atomic E-state index is -0.854. The summed E-state index contributed by atoms with van der Waals surface area (Å²) in [6, 6.07) is 3.15. The van der Waals surface area contributed by atoms with Gasteiger partial charge in [0, 0.05) is 17.8 Å².